The predicted molar refractivity (Wildman–Crippen MR) is 94.6 cm³/mol. The molecule has 0 aliphatic carbocycles. The van der Waals surface area contributed by atoms with E-state index in [1.165, 1.54) is 16.7 Å². The van der Waals surface area contributed by atoms with Crippen molar-refractivity contribution in [3.8, 4) is 0 Å². The van der Waals surface area contributed by atoms with Crippen molar-refractivity contribution in [2.75, 3.05) is 13.7 Å². The van der Waals surface area contributed by atoms with Crippen LogP contribution in [-0.2, 0) is 11.2 Å². The second-order valence-electron chi connectivity index (χ2n) is 4.51. The Hall–Kier alpha value is -0.160. The first-order valence-corrected chi connectivity index (χ1v) is 8.79. The van der Waals surface area contributed by atoms with Crippen molar-refractivity contribution in [3.63, 3.8) is 0 Å². The minimum absolute atomic E-state index is 0.172. The van der Waals surface area contributed by atoms with Crippen molar-refractivity contribution in [2.45, 2.75) is 11.2 Å². The van der Waals surface area contributed by atoms with E-state index in [0.29, 0.717) is 0 Å². The SMILES string of the molecule is COCCc1ccc(C(Br)c2cc(Br)ccc2Br)cc1. The quantitative estimate of drug-likeness (QED) is 0.504. The normalized spacial score (nSPS) is 12.4. The summed E-state index contributed by atoms with van der Waals surface area (Å²) in [4.78, 5) is 0.172. The van der Waals surface area contributed by atoms with Crippen LogP contribution in [0.3, 0.4) is 0 Å². The molecule has 0 heterocycles. The van der Waals surface area contributed by atoms with Gasteiger partial charge in [0.25, 0.3) is 0 Å². The van der Waals surface area contributed by atoms with E-state index in [2.05, 4.69) is 84.2 Å². The molecular weight excluding hydrogens is 448 g/mol. The van der Waals surface area contributed by atoms with Crippen LogP contribution in [0.2, 0.25) is 0 Å². The lowest BCUT2D eigenvalue weighted by atomic mass is 10.0. The van der Waals surface area contributed by atoms with E-state index >= 15 is 0 Å². The molecule has 0 N–H and O–H groups in total. The lowest BCUT2D eigenvalue weighted by Gasteiger charge is -2.14. The lowest BCUT2D eigenvalue weighted by Crippen LogP contribution is -1.97. The van der Waals surface area contributed by atoms with Gasteiger partial charge in [-0.25, -0.2) is 0 Å². The number of halogens is 3. The molecule has 1 atom stereocenters. The lowest BCUT2D eigenvalue weighted by molar-refractivity contribution is 0.202. The maximum Gasteiger partial charge on any atom is 0.0656 e. The largest absolute Gasteiger partial charge is 0.384 e. The van der Waals surface area contributed by atoms with Gasteiger partial charge < -0.3 is 4.74 Å². The van der Waals surface area contributed by atoms with Gasteiger partial charge in [0.05, 0.1) is 11.4 Å². The first kappa shape index (κ1) is 16.2. The summed E-state index contributed by atoms with van der Waals surface area (Å²) in [6, 6.07) is 14.9. The van der Waals surface area contributed by atoms with Crippen LogP contribution in [-0.4, -0.2) is 13.7 Å². The van der Waals surface area contributed by atoms with E-state index < -0.39 is 0 Å². The minimum atomic E-state index is 0.172. The van der Waals surface area contributed by atoms with Crippen LogP contribution in [0.25, 0.3) is 0 Å². The molecule has 0 aromatic heterocycles. The van der Waals surface area contributed by atoms with Gasteiger partial charge in [0.1, 0.15) is 0 Å². The molecule has 2 rings (SSSR count). The van der Waals surface area contributed by atoms with Crippen LogP contribution in [0.5, 0.6) is 0 Å². The smallest absolute Gasteiger partial charge is 0.0656 e. The van der Waals surface area contributed by atoms with Crippen LogP contribution in [0.4, 0.5) is 0 Å². The zero-order chi connectivity index (χ0) is 14.5. The van der Waals surface area contributed by atoms with Gasteiger partial charge in [0.15, 0.2) is 0 Å². The Bertz CT molecular complexity index is 566. The second kappa shape index (κ2) is 7.74. The summed E-state index contributed by atoms with van der Waals surface area (Å²) in [6.07, 6.45) is 0.949. The number of benzene rings is 2. The summed E-state index contributed by atoms with van der Waals surface area (Å²) in [5, 5.41) is 0. The number of methoxy groups -OCH3 is 1. The Kier molecular flexibility index (Phi) is 6.27. The molecule has 0 aliphatic rings. The Labute approximate surface area is 145 Å². The highest BCUT2D eigenvalue weighted by molar-refractivity contribution is 9.11. The molecule has 1 nitrogen and oxygen atoms in total. The fourth-order valence-corrected chi connectivity index (χ4v) is 3.81. The Morgan fingerprint density at radius 3 is 2.40 bits per heavy atom. The molecule has 0 amide bonds. The third-order valence-electron chi connectivity index (χ3n) is 3.10. The standard InChI is InChI=1S/C16H15Br3O/c1-20-9-8-11-2-4-12(5-3-11)16(19)14-10-13(17)6-7-15(14)18/h2-7,10,16H,8-9H2,1H3. The van der Waals surface area contributed by atoms with Crippen LogP contribution < -0.4 is 0 Å². The van der Waals surface area contributed by atoms with Gasteiger partial charge in [0.2, 0.25) is 0 Å². The zero-order valence-corrected chi connectivity index (χ0v) is 15.8. The van der Waals surface area contributed by atoms with Gasteiger partial charge >= 0.3 is 0 Å². The minimum Gasteiger partial charge on any atom is -0.384 e. The molecule has 0 saturated heterocycles. The summed E-state index contributed by atoms with van der Waals surface area (Å²) in [6.45, 7) is 0.758. The van der Waals surface area contributed by atoms with Crippen LogP contribution in [0, 0.1) is 0 Å². The van der Waals surface area contributed by atoms with Crippen molar-refractivity contribution in [3.05, 3.63) is 68.1 Å². The van der Waals surface area contributed by atoms with E-state index in [9.17, 15) is 0 Å². The summed E-state index contributed by atoms with van der Waals surface area (Å²) in [7, 11) is 1.73. The van der Waals surface area contributed by atoms with Gasteiger partial charge in [-0.2, -0.15) is 0 Å². The summed E-state index contributed by atoms with van der Waals surface area (Å²) < 4.78 is 7.28. The van der Waals surface area contributed by atoms with E-state index in [-0.39, 0.29) is 4.83 Å². The van der Waals surface area contributed by atoms with Crippen molar-refractivity contribution in [1.29, 1.82) is 0 Å². The first-order valence-electron chi connectivity index (χ1n) is 6.28. The average Bonchev–Trinajstić information content (AvgIpc) is 2.47. The fraction of sp³-hybridized carbons (Fsp3) is 0.250. The van der Waals surface area contributed by atoms with Crippen molar-refractivity contribution >= 4 is 47.8 Å². The molecule has 0 aliphatic heterocycles. The van der Waals surface area contributed by atoms with Crippen LogP contribution >= 0.6 is 47.8 Å². The van der Waals surface area contributed by atoms with Crippen LogP contribution in [0.1, 0.15) is 21.5 Å². The van der Waals surface area contributed by atoms with Crippen molar-refractivity contribution in [1.82, 2.24) is 0 Å². The highest BCUT2D eigenvalue weighted by Crippen LogP contribution is 2.36. The maximum atomic E-state index is 5.10. The number of hydrogen-bond acceptors (Lipinski definition) is 1. The fourth-order valence-electron chi connectivity index (χ4n) is 1.96. The Balaban J connectivity index is 2.20. The van der Waals surface area contributed by atoms with Gasteiger partial charge in [-0.15, -0.1) is 0 Å². The monoisotopic (exact) mass is 460 g/mol. The molecular formula is C16H15Br3O. The average molecular weight is 463 g/mol. The highest BCUT2D eigenvalue weighted by Gasteiger charge is 2.13. The van der Waals surface area contributed by atoms with Crippen LogP contribution in [0.15, 0.2) is 51.4 Å². The van der Waals surface area contributed by atoms with E-state index in [1.807, 2.05) is 6.07 Å². The van der Waals surface area contributed by atoms with Gasteiger partial charge in [0, 0.05) is 16.1 Å². The Morgan fingerprint density at radius 1 is 1.05 bits per heavy atom. The molecule has 0 fully saturated rings. The third kappa shape index (κ3) is 4.17. The molecule has 1 unspecified atom stereocenters. The number of rotatable bonds is 5. The van der Waals surface area contributed by atoms with Gasteiger partial charge in [-0.3, -0.25) is 0 Å². The highest BCUT2D eigenvalue weighted by atomic mass is 79.9. The zero-order valence-electron chi connectivity index (χ0n) is 11.1. The summed E-state index contributed by atoms with van der Waals surface area (Å²) in [5.74, 6) is 0. The molecule has 0 radical (unpaired) electrons. The summed E-state index contributed by atoms with van der Waals surface area (Å²) in [5.41, 5.74) is 3.75. The first-order chi connectivity index (χ1) is 9.61. The molecule has 106 valence electrons. The van der Waals surface area contributed by atoms with Crippen molar-refractivity contribution < 1.29 is 4.74 Å². The summed E-state index contributed by atoms with van der Waals surface area (Å²) >= 11 is 10.9. The van der Waals surface area contributed by atoms with Crippen molar-refractivity contribution in [2.24, 2.45) is 0 Å². The van der Waals surface area contributed by atoms with E-state index in [1.54, 1.807) is 7.11 Å². The predicted octanol–water partition coefficient (Wildman–Crippen LogP) is 5.88. The van der Waals surface area contributed by atoms with E-state index in [0.717, 1.165) is 22.0 Å². The number of alkyl halides is 1. The number of ether oxygens (including phenoxy) is 1. The second-order valence-corrected chi connectivity index (χ2v) is 7.20. The molecule has 4 heteroatoms. The van der Waals surface area contributed by atoms with Gasteiger partial charge in [-0.1, -0.05) is 72.1 Å². The molecule has 0 spiro atoms. The number of hydrogen-bond donors (Lipinski definition) is 0. The van der Waals surface area contributed by atoms with Gasteiger partial charge in [-0.05, 0) is 41.3 Å². The maximum absolute atomic E-state index is 5.10. The topological polar surface area (TPSA) is 9.23 Å². The molecule has 2 aromatic rings. The Morgan fingerprint density at radius 2 is 1.75 bits per heavy atom. The molecule has 0 saturated carbocycles. The molecule has 0 bridgehead atoms. The molecule has 2 aromatic carbocycles. The van der Waals surface area contributed by atoms with E-state index in [4.69, 9.17) is 4.74 Å². The third-order valence-corrected chi connectivity index (χ3v) is 5.34. The molecule has 20 heavy (non-hydrogen) atoms.